The van der Waals surface area contributed by atoms with Crippen molar-refractivity contribution < 1.29 is 0 Å². The lowest BCUT2D eigenvalue weighted by molar-refractivity contribution is 0.879. The van der Waals surface area contributed by atoms with Gasteiger partial charge in [-0.25, -0.2) is 9.67 Å². The molecule has 0 unspecified atom stereocenters. The van der Waals surface area contributed by atoms with Crippen molar-refractivity contribution >= 4 is 11.6 Å². The van der Waals surface area contributed by atoms with Crippen molar-refractivity contribution in [2.24, 2.45) is 0 Å². The largest absolute Gasteiger partial charge is 0.215 e. The third-order valence-electron chi connectivity index (χ3n) is 3.05. The van der Waals surface area contributed by atoms with Gasteiger partial charge in [-0.2, -0.15) is 5.10 Å². The highest BCUT2D eigenvalue weighted by Crippen LogP contribution is 2.25. The monoisotopic (exact) mass is 269 g/mol. The molecule has 0 radical (unpaired) electrons. The second-order valence-corrected chi connectivity index (χ2v) is 4.65. The fourth-order valence-corrected chi connectivity index (χ4v) is 2.20. The average Bonchev–Trinajstić information content (AvgIpc) is 2.92. The number of nitrogens with zero attached hydrogens (tertiary/aromatic N) is 3. The molecule has 2 aromatic carbocycles. The molecule has 0 fully saturated rings. The summed E-state index contributed by atoms with van der Waals surface area (Å²) in [6.07, 6.45) is 1.56. The molecular weight excluding hydrogens is 258 g/mol. The molecule has 1 aromatic heterocycles. The molecule has 0 amide bonds. The minimum absolute atomic E-state index is 0.729. The van der Waals surface area contributed by atoms with E-state index in [2.05, 4.69) is 10.1 Å². The van der Waals surface area contributed by atoms with Crippen molar-refractivity contribution in [1.82, 2.24) is 14.8 Å². The maximum atomic E-state index is 6.17. The molecule has 0 saturated heterocycles. The summed E-state index contributed by atoms with van der Waals surface area (Å²) < 4.78 is 1.82. The molecule has 0 aliphatic rings. The Morgan fingerprint density at radius 1 is 1.00 bits per heavy atom. The van der Waals surface area contributed by atoms with Gasteiger partial charge in [0.15, 0.2) is 5.82 Å². The van der Waals surface area contributed by atoms with E-state index in [0.717, 1.165) is 27.7 Å². The molecule has 19 heavy (non-hydrogen) atoms. The summed E-state index contributed by atoms with van der Waals surface area (Å²) in [6, 6.07) is 15.8. The van der Waals surface area contributed by atoms with Crippen molar-refractivity contribution in [3.8, 4) is 17.1 Å². The van der Waals surface area contributed by atoms with Crippen LogP contribution in [-0.2, 0) is 0 Å². The topological polar surface area (TPSA) is 30.7 Å². The standard InChI is InChI=1S/C15H12ClN3/c1-11-13(16)8-5-9-14(11)19-15(17-10-18-19)12-6-3-2-4-7-12/h2-10H,1H3. The van der Waals surface area contributed by atoms with Crippen molar-refractivity contribution in [3.05, 3.63) is 65.4 Å². The quantitative estimate of drug-likeness (QED) is 0.706. The van der Waals surface area contributed by atoms with Gasteiger partial charge in [0.05, 0.1) is 5.69 Å². The van der Waals surface area contributed by atoms with E-state index in [1.54, 1.807) is 6.33 Å². The van der Waals surface area contributed by atoms with Gasteiger partial charge in [0.25, 0.3) is 0 Å². The van der Waals surface area contributed by atoms with Gasteiger partial charge in [-0.05, 0) is 24.6 Å². The molecule has 1 heterocycles. The van der Waals surface area contributed by atoms with Crippen LogP contribution in [0.1, 0.15) is 5.56 Å². The van der Waals surface area contributed by atoms with Crippen LogP contribution in [0, 0.1) is 6.92 Å². The van der Waals surface area contributed by atoms with Gasteiger partial charge >= 0.3 is 0 Å². The molecule has 0 atom stereocenters. The molecule has 0 N–H and O–H groups in total. The third kappa shape index (κ3) is 2.13. The SMILES string of the molecule is Cc1c(Cl)cccc1-n1ncnc1-c1ccccc1. The van der Waals surface area contributed by atoms with Gasteiger partial charge in [-0.3, -0.25) is 0 Å². The number of rotatable bonds is 2. The van der Waals surface area contributed by atoms with Gasteiger partial charge in [0.1, 0.15) is 6.33 Å². The highest BCUT2D eigenvalue weighted by atomic mass is 35.5. The average molecular weight is 270 g/mol. The predicted molar refractivity (Wildman–Crippen MR) is 76.5 cm³/mol. The second-order valence-electron chi connectivity index (χ2n) is 4.25. The Morgan fingerprint density at radius 2 is 1.79 bits per heavy atom. The molecule has 0 saturated carbocycles. The molecule has 0 aliphatic carbocycles. The first kappa shape index (κ1) is 11.9. The van der Waals surface area contributed by atoms with E-state index in [0.29, 0.717) is 0 Å². The Hall–Kier alpha value is -2.13. The Kier molecular flexibility index (Phi) is 3.05. The Bertz CT molecular complexity index is 704. The number of halogens is 1. The van der Waals surface area contributed by atoms with Crippen LogP contribution in [-0.4, -0.2) is 14.8 Å². The van der Waals surface area contributed by atoms with Gasteiger partial charge in [0, 0.05) is 10.6 Å². The number of hydrogen-bond acceptors (Lipinski definition) is 2. The van der Waals surface area contributed by atoms with Gasteiger partial charge in [0.2, 0.25) is 0 Å². The normalized spacial score (nSPS) is 10.6. The number of hydrogen-bond donors (Lipinski definition) is 0. The predicted octanol–water partition coefficient (Wildman–Crippen LogP) is 3.90. The minimum Gasteiger partial charge on any atom is -0.215 e. The highest BCUT2D eigenvalue weighted by molar-refractivity contribution is 6.31. The zero-order valence-electron chi connectivity index (χ0n) is 10.4. The molecule has 94 valence electrons. The summed E-state index contributed by atoms with van der Waals surface area (Å²) in [6.45, 7) is 1.98. The van der Waals surface area contributed by atoms with Crippen LogP contribution >= 0.6 is 11.6 Å². The molecule has 3 nitrogen and oxygen atoms in total. The van der Waals surface area contributed by atoms with E-state index in [1.165, 1.54) is 0 Å². The zero-order valence-corrected chi connectivity index (χ0v) is 11.2. The van der Waals surface area contributed by atoms with E-state index in [4.69, 9.17) is 11.6 Å². The van der Waals surface area contributed by atoms with E-state index < -0.39 is 0 Å². The van der Waals surface area contributed by atoms with Crippen LogP contribution in [0.15, 0.2) is 54.9 Å². The highest BCUT2D eigenvalue weighted by Gasteiger charge is 2.11. The van der Waals surface area contributed by atoms with Gasteiger partial charge in [-0.1, -0.05) is 48.0 Å². The lowest BCUT2D eigenvalue weighted by atomic mass is 10.2. The lowest BCUT2D eigenvalue weighted by Crippen LogP contribution is -2.02. The summed E-state index contributed by atoms with van der Waals surface area (Å²) in [5.41, 5.74) is 2.97. The Balaban J connectivity index is 2.18. The van der Waals surface area contributed by atoms with Crippen LogP contribution < -0.4 is 0 Å². The summed E-state index contributed by atoms with van der Waals surface area (Å²) in [7, 11) is 0. The smallest absolute Gasteiger partial charge is 0.163 e. The molecule has 0 bridgehead atoms. The van der Waals surface area contributed by atoms with Crippen LogP contribution in [0.3, 0.4) is 0 Å². The Morgan fingerprint density at radius 3 is 2.58 bits per heavy atom. The number of aromatic nitrogens is 3. The fraction of sp³-hybridized carbons (Fsp3) is 0.0667. The molecule has 3 aromatic rings. The summed E-state index contributed by atoms with van der Waals surface area (Å²) in [5, 5.41) is 5.04. The van der Waals surface area contributed by atoms with E-state index in [-0.39, 0.29) is 0 Å². The minimum atomic E-state index is 0.729. The Labute approximate surface area is 116 Å². The lowest BCUT2D eigenvalue weighted by Gasteiger charge is -2.10. The molecule has 0 aliphatic heterocycles. The van der Waals surface area contributed by atoms with Crippen molar-refractivity contribution in [2.45, 2.75) is 6.92 Å². The maximum Gasteiger partial charge on any atom is 0.163 e. The molecule has 4 heteroatoms. The summed E-state index contributed by atoms with van der Waals surface area (Å²) in [4.78, 5) is 4.34. The van der Waals surface area contributed by atoms with Crippen LogP contribution in [0.2, 0.25) is 5.02 Å². The van der Waals surface area contributed by atoms with Crippen molar-refractivity contribution in [2.75, 3.05) is 0 Å². The van der Waals surface area contributed by atoms with Crippen molar-refractivity contribution in [3.63, 3.8) is 0 Å². The number of benzene rings is 2. The second kappa shape index (κ2) is 4.86. The summed E-state index contributed by atoms with van der Waals surface area (Å²) >= 11 is 6.17. The van der Waals surface area contributed by atoms with Crippen LogP contribution in [0.5, 0.6) is 0 Å². The maximum absolute atomic E-state index is 6.17. The van der Waals surface area contributed by atoms with E-state index >= 15 is 0 Å². The van der Waals surface area contributed by atoms with Crippen LogP contribution in [0.4, 0.5) is 0 Å². The fourth-order valence-electron chi connectivity index (χ4n) is 2.03. The van der Waals surface area contributed by atoms with E-state index in [9.17, 15) is 0 Å². The van der Waals surface area contributed by atoms with Crippen LogP contribution in [0.25, 0.3) is 17.1 Å². The molecule has 0 spiro atoms. The third-order valence-corrected chi connectivity index (χ3v) is 3.46. The van der Waals surface area contributed by atoms with Crippen molar-refractivity contribution in [1.29, 1.82) is 0 Å². The zero-order chi connectivity index (χ0) is 13.2. The first-order valence-corrected chi connectivity index (χ1v) is 6.36. The van der Waals surface area contributed by atoms with Gasteiger partial charge in [-0.15, -0.1) is 0 Å². The molecule has 3 rings (SSSR count). The molecular formula is C15H12ClN3. The first-order chi connectivity index (χ1) is 9.27. The first-order valence-electron chi connectivity index (χ1n) is 5.98. The summed E-state index contributed by atoms with van der Waals surface area (Å²) in [5.74, 6) is 0.811. The van der Waals surface area contributed by atoms with Gasteiger partial charge < -0.3 is 0 Å². The van der Waals surface area contributed by atoms with E-state index in [1.807, 2.05) is 60.1 Å².